The minimum atomic E-state index is -0.880. The van der Waals surface area contributed by atoms with Gasteiger partial charge in [0.1, 0.15) is 13.3 Å². The fraction of sp³-hybridized carbons (Fsp3) is 0.667. The normalized spacial score (nSPS) is 9.08. The van der Waals surface area contributed by atoms with Gasteiger partial charge in [-0.15, -0.1) is 0 Å². The van der Waals surface area contributed by atoms with Crippen molar-refractivity contribution in [2.45, 2.75) is 6.42 Å². The Morgan fingerprint density at radius 1 is 1.50 bits per heavy atom. The molecular formula is C6H12N2O4. The molecule has 0 aromatic heterocycles. The number of carbonyl (C=O) groups excluding carboxylic acids is 2. The smallest absolute Gasteiger partial charge is 0.404 e. The molecule has 0 heterocycles. The van der Waals surface area contributed by atoms with Crippen LogP contribution in [0.25, 0.3) is 0 Å². The van der Waals surface area contributed by atoms with Crippen LogP contribution in [0.2, 0.25) is 0 Å². The van der Waals surface area contributed by atoms with Crippen molar-refractivity contribution in [3.05, 3.63) is 0 Å². The highest BCUT2D eigenvalue weighted by Gasteiger charge is 2.00. The second-order valence-electron chi connectivity index (χ2n) is 1.95. The van der Waals surface area contributed by atoms with E-state index >= 15 is 0 Å². The number of nitrogens with one attached hydrogen (secondary N) is 1. The first-order valence-electron chi connectivity index (χ1n) is 3.34. The maximum Gasteiger partial charge on any atom is 0.404 e. The number of primary amides is 1. The summed E-state index contributed by atoms with van der Waals surface area (Å²) in [6, 6.07) is 0. The molecule has 3 N–H and O–H groups in total. The average Bonchev–Trinajstić information content (AvgIpc) is 2.00. The molecule has 2 amide bonds. The molecule has 6 heteroatoms. The van der Waals surface area contributed by atoms with Gasteiger partial charge in [-0.3, -0.25) is 4.79 Å². The Hall–Kier alpha value is -1.30. The lowest BCUT2D eigenvalue weighted by Crippen LogP contribution is -2.27. The Kier molecular flexibility index (Phi) is 5.72. The second kappa shape index (κ2) is 6.41. The lowest BCUT2D eigenvalue weighted by Gasteiger charge is -2.02. The molecule has 70 valence electrons. The molecule has 0 aromatic rings. The van der Waals surface area contributed by atoms with Crippen molar-refractivity contribution in [2.24, 2.45) is 5.73 Å². The third-order valence-corrected chi connectivity index (χ3v) is 0.987. The van der Waals surface area contributed by atoms with Crippen molar-refractivity contribution in [2.75, 3.05) is 20.4 Å². The lowest BCUT2D eigenvalue weighted by atomic mass is 10.4. The highest BCUT2D eigenvalue weighted by atomic mass is 16.5. The van der Waals surface area contributed by atoms with Crippen molar-refractivity contribution < 1.29 is 19.1 Å². The summed E-state index contributed by atoms with van der Waals surface area (Å²) in [6.07, 6.45) is -0.790. The van der Waals surface area contributed by atoms with Crippen LogP contribution in [0.15, 0.2) is 0 Å². The molecule has 0 atom stereocenters. The van der Waals surface area contributed by atoms with Gasteiger partial charge >= 0.3 is 6.09 Å². The summed E-state index contributed by atoms with van der Waals surface area (Å²) in [5.74, 6) is -0.252. The van der Waals surface area contributed by atoms with Crippen LogP contribution in [-0.2, 0) is 14.3 Å². The van der Waals surface area contributed by atoms with E-state index in [1.165, 1.54) is 7.11 Å². The molecule has 0 aliphatic rings. The average molecular weight is 176 g/mol. The van der Waals surface area contributed by atoms with Crippen LogP contribution >= 0.6 is 0 Å². The molecule has 0 spiro atoms. The number of nitrogens with two attached hydrogens (primary N) is 1. The van der Waals surface area contributed by atoms with Crippen molar-refractivity contribution >= 4 is 12.0 Å². The first kappa shape index (κ1) is 10.7. The SMILES string of the molecule is COCNC(=O)CCOC(N)=O. The van der Waals surface area contributed by atoms with Crippen molar-refractivity contribution in [1.29, 1.82) is 0 Å². The van der Waals surface area contributed by atoms with Gasteiger partial charge in [-0.05, 0) is 0 Å². The molecule has 0 rings (SSSR count). The number of methoxy groups -OCH3 is 1. The predicted octanol–water partition coefficient (Wildman–Crippen LogP) is -0.808. The second-order valence-corrected chi connectivity index (χ2v) is 1.95. The Morgan fingerprint density at radius 3 is 2.67 bits per heavy atom. The van der Waals surface area contributed by atoms with Gasteiger partial charge in [-0.2, -0.15) is 0 Å². The summed E-state index contributed by atoms with van der Waals surface area (Å²) < 4.78 is 8.91. The van der Waals surface area contributed by atoms with Gasteiger partial charge in [0, 0.05) is 7.11 Å². The predicted molar refractivity (Wildman–Crippen MR) is 40.2 cm³/mol. The first-order valence-corrected chi connectivity index (χ1v) is 3.34. The van der Waals surface area contributed by atoms with Crippen LogP contribution < -0.4 is 11.1 Å². The number of hydrogen-bond acceptors (Lipinski definition) is 4. The molecule has 0 unspecified atom stereocenters. The van der Waals surface area contributed by atoms with E-state index in [9.17, 15) is 9.59 Å². The Bertz CT molecular complexity index is 160. The Morgan fingerprint density at radius 2 is 2.17 bits per heavy atom. The summed E-state index contributed by atoms with van der Waals surface area (Å²) in [5, 5.41) is 2.41. The zero-order valence-electron chi connectivity index (χ0n) is 6.83. The Balaban J connectivity index is 3.25. The van der Waals surface area contributed by atoms with Gasteiger partial charge in [0.15, 0.2) is 0 Å². The van der Waals surface area contributed by atoms with E-state index < -0.39 is 6.09 Å². The monoisotopic (exact) mass is 176 g/mol. The minimum absolute atomic E-state index is 0.00905. The number of ether oxygens (including phenoxy) is 2. The maximum atomic E-state index is 10.8. The highest BCUT2D eigenvalue weighted by molar-refractivity contribution is 5.76. The minimum Gasteiger partial charge on any atom is -0.449 e. The molecule has 0 saturated carbocycles. The molecule has 6 nitrogen and oxygen atoms in total. The number of hydrogen-bond donors (Lipinski definition) is 2. The van der Waals surface area contributed by atoms with E-state index in [2.05, 4.69) is 20.5 Å². The topological polar surface area (TPSA) is 90.7 Å². The molecule has 12 heavy (non-hydrogen) atoms. The summed E-state index contributed by atoms with van der Waals surface area (Å²) >= 11 is 0. The van der Waals surface area contributed by atoms with E-state index in [0.29, 0.717) is 0 Å². The number of amides is 2. The van der Waals surface area contributed by atoms with E-state index in [1.807, 2.05) is 0 Å². The van der Waals surface area contributed by atoms with Crippen molar-refractivity contribution in [1.82, 2.24) is 5.32 Å². The zero-order chi connectivity index (χ0) is 9.40. The van der Waals surface area contributed by atoms with E-state index in [-0.39, 0.29) is 25.7 Å². The van der Waals surface area contributed by atoms with Crippen LogP contribution in [0.5, 0.6) is 0 Å². The summed E-state index contributed by atoms with van der Waals surface area (Å²) in [6.45, 7) is 0.139. The van der Waals surface area contributed by atoms with Gasteiger partial charge in [0.05, 0.1) is 6.42 Å². The molecule has 0 aliphatic carbocycles. The summed E-state index contributed by atoms with van der Waals surface area (Å²) in [7, 11) is 1.46. The van der Waals surface area contributed by atoms with Crippen LogP contribution in [0.4, 0.5) is 4.79 Å². The van der Waals surface area contributed by atoms with Gasteiger partial charge in [0.25, 0.3) is 0 Å². The van der Waals surface area contributed by atoms with Crippen molar-refractivity contribution in [3.8, 4) is 0 Å². The number of carbonyl (C=O) groups is 2. The van der Waals surface area contributed by atoms with Crippen LogP contribution in [-0.4, -0.2) is 32.4 Å². The van der Waals surface area contributed by atoms with E-state index in [1.54, 1.807) is 0 Å². The van der Waals surface area contributed by atoms with Gasteiger partial charge in [-0.25, -0.2) is 4.79 Å². The largest absolute Gasteiger partial charge is 0.449 e. The van der Waals surface area contributed by atoms with Gasteiger partial charge < -0.3 is 20.5 Å². The van der Waals surface area contributed by atoms with Crippen LogP contribution in [0.1, 0.15) is 6.42 Å². The maximum absolute atomic E-state index is 10.8. The highest BCUT2D eigenvalue weighted by Crippen LogP contribution is 1.82. The first-order chi connectivity index (χ1) is 5.66. The van der Waals surface area contributed by atoms with Crippen LogP contribution in [0, 0.1) is 0 Å². The van der Waals surface area contributed by atoms with Gasteiger partial charge in [0.2, 0.25) is 5.91 Å². The molecule has 0 fully saturated rings. The molecule has 0 radical (unpaired) electrons. The number of rotatable bonds is 5. The quantitative estimate of drug-likeness (QED) is 0.536. The fourth-order valence-electron chi connectivity index (χ4n) is 0.485. The summed E-state index contributed by atoms with van der Waals surface area (Å²) in [5.41, 5.74) is 4.66. The molecule has 0 bridgehead atoms. The molecule has 0 aliphatic heterocycles. The van der Waals surface area contributed by atoms with Crippen LogP contribution in [0.3, 0.4) is 0 Å². The molecular weight excluding hydrogens is 164 g/mol. The lowest BCUT2D eigenvalue weighted by molar-refractivity contribution is -0.123. The van der Waals surface area contributed by atoms with E-state index in [4.69, 9.17) is 0 Å². The molecule has 0 aromatic carbocycles. The third-order valence-electron chi connectivity index (χ3n) is 0.987. The third kappa shape index (κ3) is 6.81. The Labute approximate surface area is 70.0 Å². The van der Waals surface area contributed by atoms with E-state index in [0.717, 1.165) is 0 Å². The van der Waals surface area contributed by atoms with Gasteiger partial charge in [-0.1, -0.05) is 0 Å². The zero-order valence-corrected chi connectivity index (χ0v) is 6.83. The fourth-order valence-corrected chi connectivity index (χ4v) is 0.485. The summed E-state index contributed by atoms with van der Waals surface area (Å²) in [4.78, 5) is 20.8. The molecule has 0 saturated heterocycles. The van der Waals surface area contributed by atoms with Crippen molar-refractivity contribution in [3.63, 3.8) is 0 Å². The standard InChI is InChI=1S/C6H12N2O4/c1-11-4-8-5(9)2-3-12-6(7)10/h2-4H2,1H3,(H2,7,10)(H,8,9).